The Bertz CT molecular complexity index is 626. The van der Waals surface area contributed by atoms with Gasteiger partial charge in [-0.2, -0.15) is 0 Å². The molecular weight excluding hydrogens is 354 g/mol. The Hall–Kier alpha value is -1.17. The summed E-state index contributed by atoms with van der Waals surface area (Å²) >= 11 is 9.04. The minimum atomic E-state index is -1.44. The molecule has 0 heterocycles. The van der Waals surface area contributed by atoms with Crippen molar-refractivity contribution in [3.8, 4) is 5.75 Å². The fraction of sp³-hybridized carbons (Fsp3) is 0.143. The van der Waals surface area contributed by atoms with E-state index in [-0.39, 0.29) is 5.75 Å². The zero-order valence-electron chi connectivity index (χ0n) is 10.3. The third-order valence-electron chi connectivity index (χ3n) is 2.82. The van der Waals surface area contributed by atoms with Crippen LogP contribution in [0.5, 0.6) is 5.75 Å². The number of rotatable bonds is 3. The summed E-state index contributed by atoms with van der Waals surface area (Å²) in [5.74, 6) is -1.70. The van der Waals surface area contributed by atoms with E-state index >= 15 is 0 Å². The third kappa shape index (κ3) is 2.95. The van der Waals surface area contributed by atoms with E-state index in [9.17, 15) is 13.9 Å². The molecule has 0 aliphatic heterocycles. The van der Waals surface area contributed by atoms with Crippen LogP contribution in [0.4, 0.5) is 8.78 Å². The lowest BCUT2D eigenvalue weighted by molar-refractivity contribution is 0.208. The molecule has 106 valence electrons. The number of ether oxygens (including phenoxy) is 1. The second-order valence-corrected chi connectivity index (χ2v) is 5.34. The first-order chi connectivity index (χ1) is 9.43. The van der Waals surface area contributed by atoms with Crippen LogP contribution in [0.3, 0.4) is 0 Å². The van der Waals surface area contributed by atoms with Gasteiger partial charge in [-0.15, -0.1) is 0 Å². The Morgan fingerprint density at radius 3 is 2.30 bits per heavy atom. The third-order valence-corrected chi connectivity index (χ3v) is 4.04. The molecule has 0 radical (unpaired) electrons. The molecular formula is C14H10BrClF2O2. The maximum atomic E-state index is 13.9. The fourth-order valence-corrected chi connectivity index (χ4v) is 2.30. The smallest absolute Gasteiger partial charge is 0.135 e. The normalized spacial score (nSPS) is 12.3. The lowest BCUT2D eigenvalue weighted by Crippen LogP contribution is -2.06. The van der Waals surface area contributed by atoms with E-state index in [0.29, 0.717) is 15.1 Å². The summed E-state index contributed by atoms with van der Waals surface area (Å²) in [6.45, 7) is 0. The number of aliphatic hydroxyl groups excluding tert-OH is 1. The largest absolute Gasteiger partial charge is 0.497 e. The van der Waals surface area contributed by atoms with Crippen molar-refractivity contribution < 1.29 is 18.6 Å². The highest BCUT2D eigenvalue weighted by Gasteiger charge is 2.21. The molecule has 0 aliphatic rings. The van der Waals surface area contributed by atoms with E-state index in [2.05, 4.69) is 15.9 Å². The SMILES string of the molecule is COc1cc(F)c(C(O)c2ccc(Cl)c(Br)c2)c(F)c1. The van der Waals surface area contributed by atoms with Crippen LogP contribution in [0, 0.1) is 11.6 Å². The van der Waals surface area contributed by atoms with Gasteiger partial charge in [0.1, 0.15) is 23.5 Å². The molecule has 20 heavy (non-hydrogen) atoms. The molecule has 6 heteroatoms. The predicted octanol–water partition coefficient (Wildman–Crippen LogP) is 4.47. The zero-order chi connectivity index (χ0) is 14.9. The molecule has 0 aliphatic carbocycles. The average molecular weight is 364 g/mol. The van der Waals surface area contributed by atoms with Crippen molar-refractivity contribution in [3.05, 3.63) is 62.6 Å². The maximum Gasteiger partial charge on any atom is 0.135 e. The van der Waals surface area contributed by atoms with Gasteiger partial charge in [0.2, 0.25) is 0 Å². The second-order valence-electron chi connectivity index (χ2n) is 4.08. The highest BCUT2D eigenvalue weighted by molar-refractivity contribution is 9.10. The van der Waals surface area contributed by atoms with E-state index in [0.717, 1.165) is 12.1 Å². The van der Waals surface area contributed by atoms with Crippen LogP contribution in [0.1, 0.15) is 17.2 Å². The van der Waals surface area contributed by atoms with Crippen LogP contribution in [-0.4, -0.2) is 12.2 Å². The van der Waals surface area contributed by atoms with Gasteiger partial charge in [0.15, 0.2) is 0 Å². The first-order valence-electron chi connectivity index (χ1n) is 5.60. The molecule has 1 unspecified atom stereocenters. The van der Waals surface area contributed by atoms with Crippen molar-refractivity contribution >= 4 is 27.5 Å². The Labute approximate surface area is 128 Å². The lowest BCUT2D eigenvalue weighted by atomic mass is 10.0. The van der Waals surface area contributed by atoms with Gasteiger partial charge in [0, 0.05) is 16.6 Å². The minimum Gasteiger partial charge on any atom is -0.497 e. The first-order valence-corrected chi connectivity index (χ1v) is 6.77. The molecule has 0 fully saturated rings. The van der Waals surface area contributed by atoms with Gasteiger partial charge in [-0.1, -0.05) is 17.7 Å². The van der Waals surface area contributed by atoms with Crippen LogP contribution in [0.2, 0.25) is 5.02 Å². The quantitative estimate of drug-likeness (QED) is 0.872. The first kappa shape index (κ1) is 15.2. The number of benzene rings is 2. The fourth-order valence-electron chi connectivity index (χ4n) is 1.79. The number of methoxy groups -OCH3 is 1. The zero-order valence-corrected chi connectivity index (χ0v) is 12.7. The summed E-state index contributed by atoms with van der Waals surface area (Å²) in [5.41, 5.74) is -0.107. The Morgan fingerprint density at radius 2 is 1.80 bits per heavy atom. The summed E-state index contributed by atoms with van der Waals surface area (Å²) in [5, 5.41) is 10.6. The van der Waals surface area contributed by atoms with E-state index in [4.69, 9.17) is 16.3 Å². The molecule has 2 rings (SSSR count). The second kappa shape index (κ2) is 6.08. The van der Waals surface area contributed by atoms with Gasteiger partial charge < -0.3 is 9.84 Å². The number of hydrogen-bond acceptors (Lipinski definition) is 2. The monoisotopic (exact) mass is 362 g/mol. The summed E-state index contributed by atoms with van der Waals surface area (Å²) in [4.78, 5) is 0. The number of halogens is 4. The van der Waals surface area contributed by atoms with Gasteiger partial charge in [-0.25, -0.2) is 8.78 Å². The minimum absolute atomic E-state index is 0.0493. The molecule has 0 spiro atoms. The molecule has 1 N–H and O–H groups in total. The van der Waals surface area contributed by atoms with Gasteiger partial charge in [0.05, 0.1) is 17.7 Å². The number of aliphatic hydroxyl groups is 1. The van der Waals surface area contributed by atoms with E-state index in [1.165, 1.54) is 25.3 Å². The number of hydrogen-bond donors (Lipinski definition) is 1. The van der Waals surface area contributed by atoms with Crippen LogP contribution >= 0.6 is 27.5 Å². The maximum absolute atomic E-state index is 13.9. The van der Waals surface area contributed by atoms with Crippen LogP contribution in [0.15, 0.2) is 34.8 Å². The highest BCUT2D eigenvalue weighted by Crippen LogP contribution is 2.32. The lowest BCUT2D eigenvalue weighted by Gasteiger charge is -2.15. The molecule has 1 atom stereocenters. The van der Waals surface area contributed by atoms with Crippen molar-refractivity contribution in [3.63, 3.8) is 0 Å². The Kier molecular flexibility index (Phi) is 4.62. The van der Waals surface area contributed by atoms with Crippen molar-refractivity contribution in [2.75, 3.05) is 7.11 Å². The van der Waals surface area contributed by atoms with Gasteiger partial charge in [0.25, 0.3) is 0 Å². The summed E-state index contributed by atoms with van der Waals surface area (Å²) in [7, 11) is 1.31. The van der Waals surface area contributed by atoms with E-state index < -0.39 is 23.3 Å². The predicted molar refractivity (Wildman–Crippen MR) is 76.1 cm³/mol. The molecule has 2 aromatic carbocycles. The summed E-state index contributed by atoms with van der Waals surface area (Å²) < 4.78 is 33.1. The molecule has 0 bridgehead atoms. The molecule has 0 saturated heterocycles. The van der Waals surface area contributed by atoms with Crippen molar-refractivity contribution in [2.45, 2.75) is 6.10 Å². The Balaban J connectivity index is 2.47. The highest BCUT2D eigenvalue weighted by atomic mass is 79.9. The van der Waals surface area contributed by atoms with Crippen LogP contribution in [-0.2, 0) is 0 Å². The average Bonchev–Trinajstić information content (AvgIpc) is 2.40. The van der Waals surface area contributed by atoms with Crippen molar-refractivity contribution in [2.24, 2.45) is 0 Å². The van der Waals surface area contributed by atoms with Crippen molar-refractivity contribution in [1.29, 1.82) is 0 Å². The molecule has 0 saturated carbocycles. The Morgan fingerprint density at radius 1 is 1.20 bits per heavy atom. The van der Waals surface area contributed by atoms with Crippen molar-refractivity contribution in [1.82, 2.24) is 0 Å². The molecule has 0 aromatic heterocycles. The van der Waals surface area contributed by atoms with Crippen LogP contribution in [0.25, 0.3) is 0 Å². The molecule has 0 amide bonds. The van der Waals surface area contributed by atoms with E-state index in [1.54, 1.807) is 0 Å². The van der Waals surface area contributed by atoms with Gasteiger partial charge in [-0.05, 0) is 33.6 Å². The topological polar surface area (TPSA) is 29.5 Å². The summed E-state index contributed by atoms with van der Waals surface area (Å²) in [6, 6.07) is 6.58. The van der Waals surface area contributed by atoms with Crippen LogP contribution < -0.4 is 4.74 Å². The van der Waals surface area contributed by atoms with Gasteiger partial charge >= 0.3 is 0 Å². The van der Waals surface area contributed by atoms with Gasteiger partial charge in [-0.3, -0.25) is 0 Å². The standard InChI is InChI=1S/C14H10BrClF2O2/c1-20-8-5-11(17)13(12(18)6-8)14(19)7-2-3-10(16)9(15)4-7/h2-6,14,19H,1H3. The molecule has 2 nitrogen and oxygen atoms in total. The molecule has 2 aromatic rings. The summed E-state index contributed by atoms with van der Waals surface area (Å²) in [6.07, 6.45) is -1.44. The van der Waals surface area contributed by atoms with E-state index in [1.807, 2.05) is 0 Å².